The van der Waals surface area contributed by atoms with Crippen molar-refractivity contribution < 1.29 is 23.1 Å². The molecular formula is C20H19FN2O4S. The SMILES string of the molecule is CCOc1ccc(C(=O)CSc2nnc([C@@H](C)Oc3ccccc3F)o2)cc1. The maximum atomic E-state index is 13.7. The highest BCUT2D eigenvalue weighted by molar-refractivity contribution is 7.99. The Kier molecular flexibility index (Phi) is 6.65. The highest BCUT2D eigenvalue weighted by Gasteiger charge is 2.18. The van der Waals surface area contributed by atoms with Gasteiger partial charge in [0.05, 0.1) is 12.4 Å². The van der Waals surface area contributed by atoms with Crippen molar-refractivity contribution in [2.75, 3.05) is 12.4 Å². The minimum absolute atomic E-state index is 0.0662. The number of thioether (sulfide) groups is 1. The third kappa shape index (κ3) is 5.10. The Morgan fingerprint density at radius 2 is 1.93 bits per heavy atom. The fourth-order valence-electron chi connectivity index (χ4n) is 2.34. The van der Waals surface area contributed by atoms with E-state index in [1.807, 2.05) is 6.92 Å². The summed E-state index contributed by atoms with van der Waals surface area (Å²) in [7, 11) is 0. The molecule has 3 aromatic rings. The topological polar surface area (TPSA) is 74.5 Å². The largest absolute Gasteiger partial charge is 0.494 e. The molecule has 8 heteroatoms. The third-order valence-corrected chi connectivity index (χ3v) is 4.54. The monoisotopic (exact) mass is 402 g/mol. The van der Waals surface area contributed by atoms with Gasteiger partial charge in [-0.1, -0.05) is 23.9 Å². The molecule has 0 spiro atoms. The van der Waals surface area contributed by atoms with Gasteiger partial charge < -0.3 is 13.9 Å². The highest BCUT2D eigenvalue weighted by Crippen LogP contribution is 2.26. The number of para-hydroxylation sites is 1. The highest BCUT2D eigenvalue weighted by atomic mass is 32.2. The summed E-state index contributed by atoms with van der Waals surface area (Å²) in [6.07, 6.45) is -0.624. The Balaban J connectivity index is 1.55. The summed E-state index contributed by atoms with van der Waals surface area (Å²) in [6, 6.07) is 13.0. The zero-order valence-corrected chi connectivity index (χ0v) is 16.2. The molecule has 0 amide bonds. The molecule has 0 bridgehead atoms. The minimum Gasteiger partial charge on any atom is -0.494 e. The number of carbonyl (C=O) groups excluding carboxylic acids is 1. The number of ketones is 1. The van der Waals surface area contributed by atoms with Crippen LogP contribution in [0, 0.1) is 5.82 Å². The predicted molar refractivity (Wildman–Crippen MR) is 102 cm³/mol. The first-order chi connectivity index (χ1) is 13.6. The van der Waals surface area contributed by atoms with Crippen molar-refractivity contribution in [2.24, 2.45) is 0 Å². The molecule has 0 unspecified atom stereocenters. The van der Waals surface area contributed by atoms with Crippen molar-refractivity contribution in [3.63, 3.8) is 0 Å². The Morgan fingerprint density at radius 3 is 2.64 bits per heavy atom. The van der Waals surface area contributed by atoms with E-state index in [-0.39, 0.29) is 28.4 Å². The molecule has 2 aromatic carbocycles. The molecule has 0 N–H and O–H groups in total. The number of hydrogen-bond donors (Lipinski definition) is 0. The van der Waals surface area contributed by atoms with Crippen LogP contribution in [-0.4, -0.2) is 28.3 Å². The molecule has 0 radical (unpaired) electrons. The second-order valence-corrected chi connectivity index (χ2v) is 6.69. The van der Waals surface area contributed by atoms with Crippen LogP contribution in [0.5, 0.6) is 11.5 Å². The molecule has 3 rings (SSSR count). The molecule has 0 aliphatic carbocycles. The summed E-state index contributed by atoms with van der Waals surface area (Å²) >= 11 is 1.13. The van der Waals surface area contributed by atoms with E-state index < -0.39 is 11.9 Å². The van der Waals surface area contributed by atoms with Crippen LogP contribution < -0.4 is 9.47 Å². The minimum atomic E-state index is -0.624. The van der Waals surface area contributed by atoms with E-state index in [4.69, 9.17) is 13.9 Å². The zero-order valence-electron chi connectivity index (χ0n) is 15.4. The number of rotatable bonds is 9. The van der Waals surface area contributed by atoms with Crippen molar-refractivity contribution in [2.45, 2.75) is 25.2 Å². The van der Waals surface area contributed by atoms with Crippen molar-refractivity contribution >= 4 is 17.5 Å². The van der Waals surface area contributed by atoms with E-state index in [0.29, 0.717) is 12.2 Å². The first kappa shape index (κ1) is 19.9. The molecule has 1 heterocycles. The summed E-state index contributed by atoms with van der Waals surface area (Å²) in [5.74, 6) is 0.648. The summed E-state index contributed by atoms with van der Waals surface area (Å²) in [6.45, 7) is 4.15. The lowest BCUT2D eigenvalue weighted by atomic mass is 10.1. The van der Waals surface area contributed by atoms with Gasteiger partial charge in [0.1, 0.15) is 5.75 Å². The van der Waals surface area contributed by atoms with Crippen molar-refractivity contribution in [3.8, 4) is 11.5 Å². The van der Waals surface area contributed by atoms with Crippen LogP contribution in [0.3, 0.4) is 0 Å². The molecule has 28 heavy (non-hydrogen) atoms. The molecule has 1 atom stereocenters. The van der Waals surface area contributed by atoms with Gasteiger partial charge in [-0.05, 0) is 50.2 Å². The van der Waals surface area contributed by atoms with Gasteiger partial charge in [-0.2, -0.15) is 0 Å². The average Bonchev–Trinajstić information content (AvgIpc) is 3.18. The number of nitrogens with zero attached hydrogens (tertiary/aromatic N) is 2. The van der Waals surface area contributed by atoms with Crippen LogP contribution >= 0.6 is 11.8 Å². The standard InChI is InChI=1S/C20H19FN2O4S/c1-3-25-15-10-8-14(9-11-15)17(24)12-28-20-23-22-19(27-20)13(2)26-18-7-5-4-6-16(18)21/h4-11,13H,3,12H2,1-2H3/t13-/m1/s1. The lowest BCUT2D eigenvalue weighted by molar-refractivity contribution is 0.102. The number of benzene rings is 2. The van der Waals surface area contributed by atoms with E-state index in [2.05, 4.69) is 10.2 Å². The number of aromatic nitrogens is 2. The molecule has 0 fully saturated rings. The molecule has 1 aromatic heterocycles. The van der Waals surface area contributed by atoms with Crippen molar-refractivity contribution in [1.29, 1.82) is 0 Å². The Bertz CT molecular complexity index is 930. The van der Waals surface area contributed by atoms with E-state index in [0.717, 1.165) is 17.5 Å². The molecule has 0 aliphatic heterocycles. The molecule has 146 valence electrons. The van der Waals surface area contributed by atoms with E-state index in [1.54, 1.807) is 43.3 Å². The van der Waals surface area contributed by atoms with Gasteiger partial charge in [-0.25, -0.2) is 4.39 Å². The molecule has 0 aliphatic rings. The smallest absolute Gasteiger partial charge is 0.277 e. The summed E-state index contributed by atoms with van der Waals surface area (Å²) in [4.78, 5) is 12.3. The Morgan fingerprint density at radius 1 is 1.18 bits per heavy atom. The number of hydrogen-bond acceptors (Lipinski definition) is 7. The zero-order chi connectivity index (χ0) is 19.9. The quantitative estimate of drug-likeness (QED) is 0.379. The van der Waals surface area contributed by atoms with Gasteiger partial charge in [0, 0.05) is 5.56 Å². The van der Waals surface area contributed by atoms with Crippen LogP contribution in [-0.2, 0) is 0 Å². The average molecular weight is 402 g/mol. The molecule has 6 nitrogen and oxygen atoms in total. The predicted octanol–water partition coefficient (Wildman–Crippen LogP) is 4.72. The number of Topliss-reactive ketones (excluding diaryl/α,β-unsaturated/α-hetero) is 1. The molecular weight excluding hydrogens is 383 g/mol. The summed E-state index contributed by atoms with van der Waals surface area (Å²) in [5, 5.41) is 8.07. The maximum Gasteiger partial charge on any atom is 0.277 e. The summed E-state index contributed by atoms with van der Waals surface area (Å²) < 4.78 is 30.1. The lowest BCUT2D eigenvalue weighted by Gasteiger charge is -2.11. The van der Waals surface area contributed by atoms with Crippen LogP contribution in [0.2, 0.25) is 0 Å². The molecule has 0 saturated carbocycles. The van der Waals surface area contributed by atoms with Gasteiger partial charge >= 0.3 is 0 Å². The van der Waals surface area contributed by atoms with Crippen molar-refractivity contribution in [3.05, 3.63) is 65.8 Å². The van der Waals surface area contributed by atoms with E-state index in [1.165, 1.54) is 12.1 Å². The van der Waals surface area contributed by atoms with Crippen LogP contribution in [0.4, 0.5) is 4.39 Å². The maximum absolute atomic E-state index is 13.7. The van der Waals surface area contributed by atoms with Gasteiger partial charge in [-0.15, -0.1) is 10.2 Å². The van der Waals surface area contributed by atoms with Gasteiger partial charge in [0.15, 0.2) is 23.5 Å². The Labute approximate surface area is 166 Å². The molecule has 0 saturated heterocycles. The van der Waals surface area contributed by atoms with Gasteiger partial charge in [-0.3, -0.25) is 4.79 Å². The van der Waals surface area contributed by atoms with E-state index in [9.17, 15) is 9.18 Å². The fourth-order valence-corrected chi connectivity index (χ4v) is 3.00. The van der Waals surface area contributed by atoms with Gasteiger partial charge in [0.25, 0.3) is 11.1 Å². The normalized spacial score (nSPS) is 11.8. The first-order valence-electron chi connectivity index (χ1n) is 8.70. The van der Waals surface area contributed by atoms with E-state index >= 15 is 0 Å². The Hall–Kier alpha value is -2.87. The fraction of sp³-hybridized carbons (Fsp3) is 0.250. The number of carbonyl (C=O) groups is 1. The third-order valence-electron chi connectivity index (χ3n) is 3.72. The van der Waals surface area contributed by atoms with Crippen LogP contribution in [0.15, 0.2) is 58.2 Å². The van der Waals surface area contributed by atoms with Gasteiger partial charge in [0.2, 0.25) is 0 Å². The number of ether oxygens (including phenoxy) is 2. The van der Waals surface area contributed by atoms with Crippen LogP contribution in [0.25, 0.3) is 0 Å². The second-order valence-electron chi connectivity index (χ2n) is 5.77. The first-order valence-corrected chi connectivity index (χ1v) is 9.68. The van der Waals surface area contributed by atoms with Crippen LogP contribution in [0.1, 0.15) is 36.2 Å². The number of halogens is 1. The van der Waals surface area contributed by atoms with Crippen molar-refractivity contribution in [1.82, 2.24) is 10.2 Å². The second kappa shape index (κ2) is 9.36. The lowest BCUT2D eigenvalue weighted by Crippen LogP contribution is -2.04. The summed E-state index contributed by atoms with van der Waals surface area (Å²) in [5.41, 5.74) is 0.576.